The van der Waals surface area contributed by atoms with E-state index in [1.165, 1.54) is 0 Å². The number of nitrogens with one attached hydrogen (secondary N) is 1. The van der Waals surface area contributed by atoms with Crippen molar-refractivity contribution in [2.75, 3.05) is 58.9 Å². The Labute approximate surface area is 176 Å². The third kappa shape index (κ3) is 8.96. The summed E-state index contributed by atoms with van der Waals surface area (Å²) in [6, 6.07) is 0.139. The van der Waals surface area contributed by atoms with E-state index in [1.807, 2.05) is 4.90 Å². The number of halogens is 2. The van der Waals surface area contributed by atoms with Gasteiger partial charge in [-0.05, 0) is 25.8 Å². The van der Waals surface area contributed by atoms with Crippen LogP contribution in [0.25, 0.3) is 0 Å². The highest BCUT2D eigenvalue weighted by Crippen LogP contribution is 2.18. The van der Waals surface area contributed by atoms with Gasteiger partial charge in [-0.25, -0.2) is 0 Å². The minimum absolute atomic E-state index is 0. The molecule has 3 N–H and O–H groups in total. The van der Waals surface area contributed by atoms with E-state index in [-0.39, 0.29) is 42.7 Å². The largest absolute Gasteiger partial charge is 0.354 e. The highest BCUT2D eigenvalue weighted by atomic mass is 35.5. The van der Waals surface area contributed by atoms with Crippen LogP contribution in [0, 0.1) is 0 Å². The van der Waals surface area contributed by atoms with Gasteiger partial charge in [0.1, 0.15) is 0 Å². The average Bonchev–Trinajstić information content (AvgIpc) is 2.65. The van der Waals surface area contributed by atoms with Crippen LogP contribution in [0.3, 0.4) is 0 Å². The fraction of sp³-hybridized carbons (Fsp3) is 0.889. The second kappa shape index (κ2) is 14.4. The zero-order valence-corrected chi connectivity index (χ0v) is 18.2. The van der Waals surface area contributed by atoms with Crippen molar-refractivity contribution >= 4 is 36.6 Å². The summed E-state index contributed by atoms with van der Waals surface area (Å²) in [5, 5.41) is 2.93. The number of hydrogen-bond acceptors (Lipinski definition) is 5. The van der Waals surface area contributed by atoms with Gasteiger partial charge in [0.2, 0.25) is 11.8 Å². The van der Waals surface area contributed by atoms with Crippen molar-refractivity contribution in [3.8, 4) is 0 Å². The smallest absolute Gasteiger partial charge is 0.224 e. The Kier molecular flexibility index (Phi) is 14.1. The highest BCUT2D eigenvalue weighted by molar-refractivity contribution is 5.85. The molecule has 2 aliphatic rings. The van der Waals surface area contributed by atoms with Gasteiger partial charge in [-0.2, -0.15) is 0 Å². The molecule has 2 aliphatic heterocycles. The number of piperazine rings is 1. The van der Waals surface area contributed by atoms with Crippen molar-refractivity contribution in [2.24, 2.45) is 5.73 Å². The molecule has 1 unspecified atom stereocenters. The first-order valence-electron chi connectivity index (χ1n) is 9.85. The summed E-state index contributed by atoms with van der Waals surface area (Å²) in [6.45, 7) is 10.2. The van der Waals surface area contributed by atoms with Crippen LogP contribution < -0.4 is 11.1 Å². The second-order valence-corrected chi connectivity index (χ2v) is 7.11. The monoisotopic (exact) mass is 425 g/mol. The van der Waals surface area contributed by atoms with Crippen LogP contribution in [0.4, 0.5) is 0 Å². The summed E-state index contributed by atoms with van der Waals surface area (Å²) >= 11 is 0. The van der Waals surface area contributed by atoms with Crippen LogP contribution in [0.2, 0.25) is 0 Å². The Bertz CT molecular complexity index is 434. The minimum Gasteiger partial charge on any atom is -0.354 e. The molecule has 27 heavy (non-hydrogen) atoms. The lowest BCUT2D eigenvalue weighted by atomic mass is 10.0. The molecule has 2 amide bonds. The number of nitrogens with zero attached hydrogens (tertiary/aromatic N) is 3. The number of amides is 2. The maximum atomic E-state index is 12.7. The third-order valence-corrected chi connectivity index (χ3v) is 5.41. The molecule has 2 saturated heterocycles. The number of hydrogen-bond donors (Lipinski definition) is 2. The van der Waals surface area contributed by atoms with Crippen molar-refractivity contribution in [2.45, 2.75) is 45.1 Å². The van der Waals surface area contributed by atoms with E-state index in [0.29, 0.717) is 25.9 Å². The molecular formula is C18H37Cl2N5O2. The second-order valence-electron chi connectivity index (χ2n) is 7.11. The molecule has 0 aromatic heterocycles. The van der Waals surface area contributed by atoms with E-state index < -0.39 is 0 Å². The van der Waals surface area contributed by atoms with E-state index in [9.17, 15) is 9.59 Å². The zero-order valence-electron chi connectivity index (χ0n) is 16.5. The predicted molar refractivity (Wildman–Crippen MR) is 114 cm³/mol. The summed E-state index contributed by atoms with van der Waals surface area (Å²) in [4.78, 5) is 31.2. The van der Waals surface area contributed by atoms with Crippen LogP contribution in [-0.4, -0.2) is 91.5 Å². The van der Waals surface area contributed by atoms with Crippen molar-refractivity contribution < 1.29 is 9.59 Å². The zero-order chi connectivity index (χ0) is 18.1. The number of likely N-dealkylation sites (tertiary alicyclic amines) is 1. The van der Waals surface area contributed by atoms with Crippen molar-refractivity contribution in [3.05, 3.63) is 0 Å². The van der Waals surface area contributed by atoms with Crippen molar-refractivity contribution in [1.29, 1.82) is 0 Å². The van der Waals surface area contributed by atoms with E-state index in [2.05, 4.69) is 22.0 Å². The first kappa shape index (κ1) is 26.4. The van der Waals surface area contributed by atoms with Crippen LogP contribution in [0.5, 0.6) is 0 Å². The standard InChI is InChI=1S/C18H35N5O2.2ClH/c1-2-21-11-13-22(14-12-21)10-7-18(25)23-9-4-3-5-16(23)15-20-17(24)6-8-19;;/h16H,2-15,19H2,1H3,(H,20,24);2*1H. The lowest BCUT2D eigenvalue weighted by Crippen LogP contribution is -2.51. The van der Waals surface area contributed by atoms with E-state index in [1.54, 1.807) is 0 Å². The normalized spacial score (nSPS) is 21.1. The van der Waals surface area contributed by atoms with Gasteiger partial charge >= 0.3 is 0 Å². The maximum absolute atomic E-state index is 12.7. The Morgan fingerprint density at radius 2 is 1.67 bits per heavy atom. The average molecular weight is 426 g/mol. The van der Waals surface area contributed by atoms with Gasteiger partial charge in [-0.1, -0.05) is 6.92 Å². The summed E-state index contributed by atoms with van der Waals surface area (Å²) in [6.07, 6.45) is 4.10. The van der Waals surface area contributed by atoms with E-state index in [0.717, 1.165) is 65.1 Å². The van der Waals surface area contributed by atoms with Crippen molar-refractivity contribution in [3.63, 3.8) is 0 Å². The molecule has 0 aromatic carbocycles. The molecule has 2 rings (SSSR count). The van der Waals surface area contributed by atoms with Crippen LogP contribution in [-0.2, 0) is 9.59 Å². The van der Waals surface area contributed by atoms with Crippen molar-refractivity contribution in [1.82, 2.24) is 20.0 Å². The maximum Gasteiger partial charge on any atom is 0.224 e. The van der Waals surface area contributed by atoms with Gasteiger partial charge in [0.05, 0.1) is 0 Å². The molecule has 0 aromatic rings. The molecule has 9 heteroatoms. The van der Waals surface area contributed by atoms with Crippen LogP contribution >= 0.6 is 24.8 Å². The Balaban J connectivity index is 0.00000338. The minimum atomic E-state index is -0.0192. The van der Waals surface area contributed by atoms with Gasteiger partial charge in [-0.3, -0.25) is 9.59 Å². The van der Waals surface area contributed by atoms with E-state index >= 15 is 0 Å². The summed E-state index contributed by atoms with van der Waals surface area (Å²) in [5.74, 6) is 0.213. The molecular weight excluding hydrogens is 389 g/mol. The lowest BCUT2D eigenvalue weighted by molar-refractivity contribution is -0.136. The quantitative estimate of drug-likeness (QED) is 0.597. The number of rotatable bonds is 8. The molecule has 0 radical (unpaired) electrons. The van der Waals surface area contributed by atoms with Crippen LogP contribution in [0.15, 0.2) is 0 Å². The van der Waals surface area contributed by atoms with Crippen LogP contribution in [0.1, 0.15) is 39.0 Å². The van der Waals surface area contributed by atoms with E-state index in [4.69, 9.17) is 5.73 Å². The summed E-state index contributed by atoms with van der Waals surface area (Å²) in [7, 11) is 0. The molecule has 0 spiro atoms. The SMILES string of the molecule is CCN1CCN(CCC(=O)N2CCCCC2CNC(=O)CCN)CC1.Cl.Cl. The summed E-state index contributed by atoms with van der Waals surface area (Å²) < 4.78 is 0. The fourth-order valence-corrected chi connectivity index (χ4v) is 3.72. The number of carbonyl (C=O) groups excluding carboxylic acids is 2. The Hall–Kier alpha value is -0.600. The number of nitrogens with two attached hydrogens (primary N) is 1. The van der Waals surface area contributed by atoms with Gasteiger partial charge in [0.25, 0.3) is 0 Å². The molecule has 160 valence electrons. The predicted octanol–water partition coefficient (Wildman–Crippen LogP) is 0.704. The lowest BCUT2D eigenvalue weighted by Gasteiger charge is -2.37. The molecule has 0 aliphatic carbocycles. The third-order valence-electron chi connectivity index (χ3n) is 5.41. The van der Waals surface area contributed by atoms with Gasteiger partial charge in [-0.15, -0.1) is 24.8 Å². The first-order chi connectivity index (χ1) is 12.1. The van der Waals surface area contributed by atoms with Gasteiger partial charge in [0.15, 0.2) is 0 Å². The summed E-state index contributed by atoms with van der Waals surface area (Å²) in [5.41, 5.74) is 5.41. The molecule has 0 saturated carbocycles. The van der Waals surface area contributed by atoms with Gasteiger partial charge in [0, 0.05) is 71.2 Å². The molecule has 2 heterocycles. The number of carbonyl (C=O) groups is 2. The topological polar surface area (TPSA) is 81.9 Å². The number of likely N-dealkylation sites (N-methyl/N-ethyl adjacent to an activating group) is 1. The Morgan fingerprint density at radius 3 is 2.30 bits per heavy atom. The highest BCUT2D eigenvalue weighted by Gasteiger charge is 2.27. The molecule has 7 nitrogen and oxygen atoms in total. The Morgan fingerprint density at radius 1 is 1.00 bits per heavy atom. The molecule has 0 bridgehead atoms. The first-order valence-corrected chi connectivity index (χ1v) is 9.85. The van der Waals surface area contributed by atoms with Gasteiger partial charge < -0.3 is 25.8 Å². The molecule has 2 fully saturated rings. The fourth-order valence-electron chi connectivity index (χ4n) is 3.72. The molecule has 1 atom stereocenters. The number of piperidine rings is 1.